The number of carbonyl (C=O) groups is 1. The Bertz CT molecular complexity index is 935. The van der Waals surface area contributed by atoms with E-state index in [2.05, 4.69) is 21.9 Å². The first-order chi connectivity index (χ1) is 15.7. The Morgan fingerprint density at radius 3 is 2.72 bits per heavy atom. The number of hydrogen-bond donors (Lipinski definition) is 0. The molecule has 2 aliphatic heterocycles. The quantitative estimate of drug-likeness (QED) is 0.425. The molecule has 170 valence electrons. The third-order valence-corrected chi connectivity index (χ3v) is 5.90. The molecular weight excluding hydrogens is 404 g/mol. The van der Waals surface area contributed by atoms with Crippen LogP contribution in [-0.4, -0.2) is 56.6 Å². The zero-order chi connectivity index (χ0) is 22.2. The van der Waals surface area contributed by atoms with Crippen molar-refractivity contribution >= 4 is 11.5 Å². The Morgan fingerprint density at radius 1 is 1.03 bits per heavy atom. The molecule has 0 N–H and O–H groups in total. The van der Waals surface area contributed by atoms with E-state index in [1.165, 1.54) is 5.69 Å². The molecule has 2 aliphatic rings. The maximum Gasteiger partial charge on any atom is 0.169 e. The average Bonchev–Trinajstić information content (AvgIpc) is 3.08. The number of ether oxygens (including phenoxy) is 3. The van der Waals surface area contributed by atoms with Crippen LogP contribution in [0.15, 0.2) is 54.8 Å². The number of piperazine rings is 1. The molecule has 6 nitrogen and oxygen atoms in total. The Labute approximate surface area is 190 Å². The number of hydrogen-bond acceptors (Lipinski definition) is 6. The molecule has 2 aromatic carbocycles. The molecule has 0 saturated carbocycles. The van der Waals surface area contributed by atoms with Crippen LogP contribution in [0.3, 0.4) is 0 Å². The van der Waals surface area contributed by atoms with E-state index in [1.807, 2.05) is 31.2 Å². The van der Waals surface area contributed by atoms with Crippen LogP contribution >= 0.6 is 0 Å². The number of nitrogens with zero attached hydrogens (tertiary/aromatic N) is 2. The van der Waals surface area contributed by atoms with Crippen LogP contribution in [0.5, 0.6) is 17.2 Å². The van der Waals surface area contributed by atoms with Gasteiger partial charge in [-0.1, -0.05) is 12.1 Å². The van der Waals surface area contributed by atoms with Gasteiger partial charge in [0.25, 0.3) is 0 Å². The van der Waals surface area contributed by atoms with Crippen LogP contribution in [0.2, 0.25) is 0 Å². The van der Waals surface area contributed by atoms with Crippen molar-refractivity contribution in [2.24, 2.45) is 0 Å². The lowest BCUT2D eigenvalue weighted by Gasteiger charge is -2.36. The lowest BCUT2D eigenvalue weighted by Crippen LogP contribution is -2.46. The van der Waals surface area contributed by atoms with Crippen LogP contribution in [0, 0.1) is 0 Å². The largest absolute Gasteiger partial charge is 0.492 e. The van der Waals surface area contributed by atoms with Crippen LogP contribution < -0.4 is 19.1 Å². The first-order valence-corrected chi connectivity index (χ1v) is 11.6. The molecule has 2 aromatic rings. The predicted octanol–water partition coefficient (Wildman–Crippen LogP) is 4.55. The fourth-order valence-corrected chi connectivity index (χ4v) is 4.17. The van der Waals surface area contributed by atoms with Gasteiger partial charge in [0.15, 0.2) is 17.3 Å². The van der Waals surface area contributed by atoms with Crippen LogP contribution in [0.1, 0.15) is 36.5 Å². The van der Waals surface area contributed by atoms with E-state index < -0.39 is 0 Å². The summed E-state index contributed by atoms with van der Waals surface area (Å²) in [6.07, 6.45) is 5.88. The summed E-state index contributed by atoms with van der Waals surface area (Å²) in [6.45, 7) is 8.26. The molecule has 0 amide bonds. The highest BCUT2D eigenvalue weighted by molar-refractivity contribution is 5.96. The molecule has 0 atom stereocenters. The lowest BCUT2D eigenvalue weighted by molar-refractivity contribution is 0.0977. The number of para-hydroxylation sites is 2. The summed E-state index contributed by atoms with van der Waals surface area (Å²) in [4.78, 5) is 17.5. The third kappa shape index (κ3) is 5.62. The van der Waals surface area contributed by atoms with Crippen molar-refractivity contribution < 1.29 is 19.0 Å². The second-order valence-electron chi connectivity index (χ2n) is 8.07. The van der Waals surface area contributed by atoms with Crippen molar-refractivity contribution in [2.45, 2.75) is 26.2 Å². The molecule has 0 unspecified atom stereocenters. The highest BCUT2D eigenvalue weighted by Gasteiger charge is 2.19. The number of Topliss-reactive ketones (excluding diaryl/α,β-unsaturated/α-hetero) is 1. The van der Waals surface area contributed by atoms with Gasteiger partial charge in [0, 0.05) is 38.2 Å². The van der Waals surface area contributed by atoms with Crippen molar-refractivity contribution in [2.75, 3.05) is 50.8 Å². The minimum absolute atomic E-state index is 0.155. The zero-order valence-corrected chi connectivity index (χ0v) is 18.8. The van der Waals surface area contributed by atoms with E-state index in [-0.39, 0.29) is 5.78 Å². The van der Waals surface area contributed by atoms with E-state index in [0.29, 0.717) is 36.7 Å². The Hall–Kier alpha value is -2.99. The zero-order valence-electron chi connectivity index (χ0n) is 18.8. The molecule has 2 heterocycles. The van der Waals surface area contributed by atoms with Crippen LogP contribution in [-0.2, 0) is 0 Å². The fraction of sp³-hybridized carbons (Fsp3) is 0.423. The number of carbonyl (C=O) groups excluding carboxylic acids is 1. The van der Waals surface area contributed by atoms with Gasteiger partial charge in [0.1, 0.15) is 12.4 Å². The number of unbranched alkanes of at least 4 members (excludes halogenated alkanes) is 1. The molecule has 1 fully saturated rings. The number of rotatable bonds is 9. The smallest absolute Gasteiger partial charge is 0.169 e. The molecule has 0 aliphatic carbocycles. The highest BCUT2D eigenvalue weighted by atomic mass is 16.5. The van der Waals surface area contributed by atoms with E-state index >= 15 is 0 Å². The van der Waals surface area contributed by atoms with Crippen LogP contribution in [0.4, 0.5) is 5.69 Å². The summed E-state index contributed by atoms with van der Waals surface area (Å²) >= 11 is 0. The monoisotopic (exact) mass is 436 g/mol. The molecular formula is C26H32N2O4. The predicted molar refractivity (Wildman–Crippen MR) is 126 cm³/mol. The number of anilines is 1. The summed E-state index contributed by atoms with van der Waals surface area (Å²) in [5.41, 5.74) is 1.87. The van der Waals surface area contributed by atoms with Crippen LogP contribution in [0.25, 0.3) is 0 Å². The second kappa shape index (κ2) is 11.0. The molecule has 1 saturated heterocycles. The molecule has 4 rings (SSSR count). The number of fused-ring (bicyclic) bond motifs is 1. The Kier molecular flexibility index (Phi) is 7.67. The Balaban J connectivity index is 1.19. The highest BCUT2D eigenvalue weighted by Crippen LogP contribution is 2.31. The summed E-state index contributed by atoms with van der Waals surface area (Å²) in [7, 11) is 0. The number of ketones is 1. The van der Waals surface area contributed by atoms with Gasteiger partial charge < -0.3 is 19.1 Å². The van der Waals surface area contributed by atoms with E-state index in [1.54, 1.807) is 18.4 Å². The molecule has 0 aromatic heterocycles. The number of benzene rings is 2. The molecule has 6 heteroatoms. The van der Waals surface area contributed by atoms with Crippen molar-refractivity contribution in [1.82, 2.24) is 4.90 Å². The minimum atomic E-state index is 0.155. The van der Waals surface area contributed by atoms with Gasteiger partial charge in [-0.15, -0.1) is 0 Å². The van der Waals surface area contributed by atoms with Crippen molar-refractivity contribution in [3.8, 4) is 17.2 Å². The maximum absolute atomic E-state index is 12.6. The normalized spacial score (nSPS) is 16.0. The first kappa shape index (κ1) is 22.2. The van der Waals surface area contributed by atoms with Crippen molar-refractivity contribution in [3.05, 3.63) is 60.4 Å². The van der Waals surface area contributed by atoms with Crippen molar-refractivity contribution in [3.63, 3.8) is 0 Å². The molecule has 32 heavy (non-hydrogen) atoms. The summed E-state index contributed by atoms with van der Waals surface area (Å²) in [6, 6.07) is 13.7. The van der Waals surface area contributed by atoms with E-state index in [9.17, 15) is 4.79 Å². The minimum Gasteiger partial charge on any atom is -0.492 e. The topological polar surface area (TPSA) is 51.2 Å². The van der Waals surface area contributed by atoms with Gasteiger partial charge in [-0.2, -0.15) is 0 Å². The average molecular weight is 437 g/mol. The van der Waals surface area contributed by atoms with Gasteiger partial charge in [-0.05, 0) is 62.7 Å². The van der Waals surface area contributed by atoms with Gasteiger partial charge in [-0.25, -0.2) is 0 Å². The van der Waals surface area contributed by atoms with Crippen molar-refractivity contribution in [1.29, 1.82) is 0 Å². The molecule has 0 bridgehead atoms. The van der Waals surface area contributed by atoms with Gasteiger partial charge >= 0.3 is 0 Å². The second-order valence-corrected chi connectivity index (χ2v) is 8.07. The van der Waals surface area contributed by atoms with Gasteiger partial charge in [0.05, 0.1) is 18.6 Å². The summed E-state index contributed by atoms with van der Waals surface area (Å²) in [5.74, 6) is 2.40. The Morgan fingerprint density at radius 2 is 1.88 bits per heavy atom. The SMILES string of the molecule is CCOc1ccccc1N1CCN(CCCCC(=O)c2ccc3c(c2)OC=CCO3)CC1. The first-order valence-electron chi connectivity index (χ1n) is 11.6. The van der Waals surface area contributed by atoms with Gasteiger partial charge in [-0.3, -0.25) is 9.69 Å². The fourth-order valence-electron chi connectivity index (χ4n) is 4.17. The molecule has 0 spiro atoms. The standard InChI is InChI=1S/C26H32N2O4/c1-2-30-24-10-4-3-8-22(24)28-16-14-27(15-17-28)13-6-5-9-23(29)21-11-12-25-26(20-21)32-19-7-18-31-25/h3-4,7-8,10-12,19-20H,2,5-6,9,13-18H2,1H3. The summed E-state index contributed by atoms with van der Waals surface area (Å²) < 4.78 is 16.9. The lowest BCUT2D eigenvalue weighted by atomic mass is 10.0. The third-order valence-electron chi connectivity index (χ3n) is 5.90. The molecule has 0 radical (unpaired) electrons. The maximum atomic E-state index is 12.6. The van der Waals surface area contributed by atoms with Gasteiger partial charge in [0.2, 0.25) is 0 Å². The van der Waals surface area contributed by atoms with E-state index in [0.717, 1.165) is 51.3 Å². The summed E-state index contributed by atoms with van der Waals surface area (Å²) in [5, 5.41) is 0. The van der Waals surface area contributed by atoms with E-state index in [4.69, 9.17) is 14.2 Å².